The molecule has 0 aliphatic heterocycles. The van der Waals surface area contributed by atoms with Gasteiger partial charge < -0.3 is 9.47 Å². The lowest BCUT2D eigenvalue weighted by Crippen LogP contribution is -2.49. The Hall–Kier alpha value is -6.12. The van der Waals surface area contributed by atoms with E-state index in [2.05, 4.69) is 192 Å². The van der Waals surface area contributed by atoms with Gasteiger partial charge in [0.1, 0.15) is 0 Å². The van der Waals surface area contributed by atoms with Gasteiger partial charge in [0.2, 0.25) is 0 Å². The molecule has 3 saturated carbocycles. The van der Waals surface area contributed by atoms with Crippen LogP contribution in [-0.2, 0) is 5.41 Å². The van der Waals surface area contributed by atoms with E-state index in [4.69, 9.17) is 0 Å². The highest BCUT2D eigenvalue weighted by Crippen LogP contribution is 2.67. The van der Waals surface area contributed by atoms with Gasteiger partial charge in [0.15, 0.2) is 0 Å². The van der Waals surface area contributed by atoms with Crippen molar-refractivity contribution in [1.82, 2.24) is 4.57 Å². The fraction of sp³-hybridized carbons (Fsp3) is 0.200. The number of hydrogen-bond acceptors (Lipinski definition) is 1. The highest BCUT2D eigenvalue weighted by atomic mass is 15.1. The Morgan fingerprint density at radius 1 is 0.526 bits per heavy atom. The molecule has 12 rings (SSSR count). The predicted octanol–water partition coefficient (Wildman–Crippen LogP) is 14.9. The van der Waals surface area contributed by atoms with Gasteiger partial charge >= 0.3 is 0 Å². The molecule has 2 bridgehead atoms. The second-order valence-electron chi connectivity index (χ2n) is 17.6. The van der Waals surface area contributed by atoms with Crippen LogP contribution in [-0.4, -0.2) is 4.57 Å². The number of aromatic nitrogens is 1. The Morgan fingerprint density at radius 3 is 1.98 bits per heavy atom. The summed E-state index contributed by atoms with van der Waals surface area (Å²) in [6.07, 6.45) is 6.98. The van der Waals surface area contributed by atoms with Gasteiger partial charge in [-0.2, -0.15) is 0 Å². The molecular formula is C55H46N2. The summed E-state index contributed by atoms with van der Waals surface area (Å²) in [5, 5.41) is 7.68. The summed E-state index contributed by atoms with van der Waals surface area (Å²) in [4.78, 5) is 2.55. The number of nitrogens with zero attached hydrogens (tertiary/aromatic N) is 2. The topological polar surface area (TPSA) is 8.17 Å². The van der Waals surface area contributed by atoms with E-state index in [0.717, 1.165) is 23.7 Å². The van der Waals surface area contributed by atoms with Crippen LogP contribution in [0.5, 0.6) is 0 Å². The highest BCUT2D eigenvalue weighted by Gasteiger charge is 2.60. The quantitative estimate of drug-likeness (QED) is 0.154. The van der Waals surface area contributed by atoms with E-state index in [1.54, 1.807) is 5.56 Å². The zero-order valence-electron chi connectivity index (χ0n) is 32.5. The number of fused-ring (bicyclic) bond motifs is 7. The van der Waals surface area contributed by atoms with E-state index in [9.17, 15) is 0 Å². The van der Waals surface area contributed by atoms with Gasteiger partial charge in [-0.25, -0.2) is 0 Å². The van der Waals surface area contributed by atoms with Crippen LogP contribution >= 0.6 is 0 Å². The Morgan fingerprint density at radius 2 is 1.19 bits per heavy atom. The second kappa shape index (κ2) is 12.7. The zero-order valence-corrected chi connectivity index (χ0v) is 32.5. The SMILES string of the molecule is C[C@H]1CC2CC3[C@@H](C2)CC3(c2cccc(N(c3ccc(-c4ccccc4-n4c5ccccc5c5ccccc54)cc3)c3cc4ccccc4c4ccccc34)c2)C1. The Kier molecular flexibility index (Phi) is 7.36. The number of para-hydroxylation sites is 3. The molecule has 0 amide bonds. The van der Waals surface area contributed by atoms with Gasteiger partial charge in [0, 0.05) is 33.1 Å². The first-order valence-corrected chi connectivity index (χ1v) is 21.1. The van der Waals surface area contributed by atoms with Crippen LogP contribution in [0.25, 0.3) is 60.2 Å². The molecule has 2 nitrogen and oxygen atoms in total. The van der Waals surface area contributed by atoms with Crippen LogP contribution in [0.15, 0.2) is 176 Å². The van der Waals surface area contributed by atoms with Crippen molar-refractivity contribution >= 4 is 60.4 Å². The summed E-state index contributed by atoms with van der Waals surface area (Å²) < 4.78 is 2.44. The molecule has 0 N–H and O–H groups in total. The smallest absolute Gasteiger partial charge is 0.0546 e. The maximum Gasteiger partial charge on any atom is 0.0546 e. The number of hydrogen-bond donors (Lipinski definition) is 0. The molecular weight excluding hydrogens is 689 g/mol. The van der Waals surface area contributed by atoms with Gasteiger partial charge in [0.25, 0.3) is 0 Å². The van der Waals surface area contributed by atoms with E-state index >= 15 is 0 Å². The molecule has 1 aromatic heterocycles. The van der Waals surface area contributed by atoms with Crippen molar-refractivity contribution in [3.8, 4) is 16.8 Å². The Bertz CT molecular complexity index is 2950. The van der Waals surface area contributed by atoms with Crippen molar-refractivity contribution < 1.29 is 0 Å². The van der Waals surface area contributed by atoms with Gasteiger partial charge in [-0.1, -0.05) is 134 Å². The molecule has 3 aliphatic carbocycles. The second-order valence-corrected chi connectivity index (χ2v) is 17.6. The van der Waals surface area contributed by atoms with Crippen LogP contribution < -0.4 is 4.90 Å². The van der Waals surface area contributed by atoms with E-state index in [0.29, 0.717) is 5.41 Å². The number of anilines is 3. The van der Waals surface area contributed by atoms with Gasteiger partial charge in [-0.15, -0.1) is 0 Å². The van der Waals surface area contributed by atoms with Crippen molar-refractivity contribution in [3.05, 3.63) is 181 Å². The first kappa shape index (κ1) is 33.1. The van der Waals surface area contributed by atoms with Crippen LogP contribution in [0.1, 0.15) is 44.6 Å². The lowest BCUT2D eigenvalue weighted by atomic mass is 9.49. The third kappa shape index (κ3) is 5.02. The van der Waals surface area contributed by atoms with Crippen molar-refractivity contribution in [2.75, 3.05) is 4.90 Å². The molecule has 9 aromatic rings. The third-order valence-corrected chi connectivity index (χ3v) is 14.4. The van der Waals surface area contributed by atoms with Crippen molar-refractivity contribution in [2.45, 2.75) is 44.4 Å². The normalized spacial score (nSPS) is 22.5. The number of benzene rings is 8. The van der Waals surface area contributed by atoms with E-state index < -0.39 is 0 Å². The minimum absolute atomic E-state index is 0.308. The molecule has 276 valence electrons. The maximum atomic E-state index is 2.58. The molecule has 57 heavy (non-hydrogen) atoms. The average Bonchev–Trinajstić information content (AvgIpc) is 3.73. The highest BCUT2D eigenvalue weighted by molar-refractivity contribution is 6.14. The van der Waals surface area contributed by atoms with Crippen LogP contribution in [0.3, 0.4) is 0 Å². The molecule has 0 spiro atoms. The first-order valence-electron chi connectivity index (χ1n) is 21.1. The van der Waals surface area contributed by atoms with Gasteiger partial charge in [-0.05, 0) is 137 Å². The largest absolute Gasteiger partial charge is 0.310 e. The summed E-state index contributed by atoms with van der Waals surface area (Å²) in [5.74, 6) is 3.47. The monoisotopic (exact) mass is 734 g/mol. The summed E-state index contributed by atoms with van der Waals surface area (Å²) in [6, 6.07) is 65.9. The van der Waals surface area contributed by atoms with E-state index in [1.165, 1.54) is 109 Å². The minimum atomic E-state index is 0.308. The van der Waals surface area contributed by atoms with E-state index in [-0.39, 0.29) is 0 Å². The van der Waals surface area contributed by atoms with Crippen molar-refractivity contribution in [1.29, 1.82) is 0 Å². The van der Waals surface area contributed by atoms with Gasteiger partial charge in [0.05, 0.1) is 22.4 Å². The molecule has 0 radical (unpaired) electrons. The lowest BCUT2D eigenvalue weighted by Gasteiger charge is -2.55. The molecule has 1 heterocycles. The molecule has 0 saturated heterocycles. The first-order chi connectivity index (χ1) is 28.1. The Labute approximate surface area is 335 Å². The maximum absolute atomic E-state index is 2.58. The minimum Gasteiger partial charge on any atom is -0.310 e. The fourth-order valence-corrected chi connectivity index (χ4v) is 12.2. The molecule has 2 heteroatoms. The van der Waals surface area contributed by atoms with E-state index in [1.807, 2.05) is 0 Å². The fourth-order valence-electron chi connectivity index (χ4n) is 12.2. The van der Waals surface area contributed by atoms with Crippen molar-refractivity contribution in [2.24, 2.45) is 23.7 Å². The zero-order chi connectivity index (χ0) is 37.7. The standard InChI is InChI=1S/C55H46N2/c1-36-29-37-30-40-35-55(34-36,50(40)31-37)41-14-12-15-43(33-41)56(54-32-39-13-2-3-16-44(39)46-18-4-5-19-47(46)54)42-27-25-38(26-28-42)45-17-6-9-22-51(45)57-52-23-10-7-20-48(52)49-21-8-11-24-53(49)57/h2-28,32-33,36-37,40,50H,29-31,34-35H2,1H3/t36-,37?,40-,50?,55?/m0/s1. The summed E-state index contributed by atoms with van der Waals surface area (Å²) in [6.45, 7) is 2.52. The molecule has 8 aromatic carbocycles. The third-order valence-electron chi connectivity index (χ3n) is 14.4. The molecule has 3 aliphatic rings. The van der Waals surface area contributed by atoms with Gasteiger partial charge in [-0.3, -0.25) is 0 Å². The van der Waals surface area contributed by atoms with Crippen molar-refractivity contribution in [3.63, 3.8) is 0 Å². The van der Waals surface area contributed by atoms with Crippen LogP contribution in [0.2, 0.25) is 0 Å². The van der Waals surface area contributed by atoms with Crippen LogP contribution in [0.4, 0.5) is 17.1 Å². The number of rotatable bonds is 6. The molecule has 3 fully saturated rings. The molecule has 5 atom stereocenters. The summed E-state index contributed by atoms with van der Waals surface area (Å²) in [7, 11) is 0. The van der Waals surface area contributed by atoms with Crippen LogP contribution in [0, 0.1) is 23.7 Å². The predicted molar refractivity (Wildman–Crippen MR) is 240 cm³/mol. The average molecular weight is 735 g/mol. The Balaban J connectivity index is 1.03. The summed E-state index contributed by atoms with van der Waals surface area (Å²) in [5.41, 5.74) is 11.6. The molecule has 3 unspecified atom stereocenters. The lowest BCUT2D eigenvalue weighted by molar-refractivity contribution is 0.0346. The summed E-state index contributed by atoms with van der Waals surface area (Å²) >= 11 is 0.